The first-order chi connectivity index (χ1) is 23.0. The summed E-state index contributed by atoms with van der Waals surface area (Å²) in [6.45, 7) is 2.78. The molecule has 2 unspecified atom stereocenters. The second-order valence-corrected chi connectivity index (χ2v) is 15.6. The molecule has 2 aromatic carbocycles. The second-order valence-electron chi connectivity index (χ2n) is 13.3. The number of rotatable bonds is 6. The molecule has 0 radical (unpaired) electrons. The van der Waals surface area contributed by atoms with Gasteiger partial charge in [0.2, 0.25) is 0 Å². The number of hydrogen-bond acceptors (Lipinski definition) is 10. The lowest BCUT2D eigenvalue weighted by atomic mass is 9.75. The first-order valence-corrected chi connectivity index (χ1v) is 18.1. The van der Waals surface area contributed by atoms with Crippen molar-refractivity contribution in [1.29, 1.82) is 0 Å². The van der Waals surface area contributed by atoms with Crippen LogP contribution in [0.1, 0.15) is 37.7 Å². The minimum atomic E-state index is -3.29. The Morgan fingerprint density at radius 1 is 1.19 bits per heavy atom. The van der Waals surface area contributed by atoms with Gasteiger partial charge in [-0.2, -0.15) is 9.97 Å². The van der Waals surface area contributed by atoms with Gasteiger partial charge in [-0.3, -0.25) is 4.98 Å². The van der Waals surface area contributed by atoms with E-state index in [1.165, 1.54) is 36.7 Å². The Labute approximate surface area is 278 Å². The molecule has 48 heavy (non-hydrogen) atoms. The van der Waals surface area contributed by atoms with E-state index in [1.54, 1.807) is 0 Å². The summed E-state index contributed by atoms with van der Waals surface area (Å²) in [5.74, 6) is 1.17. The number of sulfone groups is 1. The summed E-state index contributed by atoms with van der Waals surface area (Å²) < 4.78 is 69.1. The molecule has 2 aromatic heterocycles. The first kappa shape index (κ1) is 32.4. The highest BCUT2D eigenvalue weighted by Gasteiger charge is 2.52. The summed E-state index contributed by atoms with van der Waals surface area (Å²) in [5, 5.41) is 11.0. The van der Waals surface area contributed by atoms with Crippen molar-refractivity contribution in [3.63, 3.8) is 0 Å². The standard InChI is InChI=1S/C35H37F2N5O5S/c1-4-24-27(36)9-8-21-15-22(43)16-25(29(21)24)31-30(37)32-26(18-38-31)33(42-11-6-13-46-14-12-42)40-34(39-32)47-20-35-10-5-7-28(35)41(2)19-23(17-35)48(3,44)45/h1,8-9,15-16,18,23,28,43H,5-7,10-14,17,19-20H2,2-3H3/t23?,28?,35-/m1/s1. The van der Waals surface area contributed by atoms with Crippen molar-refractivity contribution in [3.05, 3.63) is 47.7 Å². The molecular weight excluding hydrogens is 640 g/mol. The number of piperidine rings is 1. The molecule has 4 heterocycles. The summed E-state index contributed by atoms with van der Waals surface area (Å²) in [5.41, 5.74) is -0.619. The number of benzene rings is 2. The van der Waals surface area contributed by atoms with Gasteiger partial charge in [-0.05, 0) is 56.3 Å². The predicted octanol–water partition coefficient (Wildman–Crippen LogP) is 4.70. The van der Waals surface area contributed by atoms with Crippen molar-refractivity contribution in [2.24, 2.45) is 5.41 Å². The molecule has 2 aliphatic heterocycles. The summed E-state index contributed by atoms with van der Waals surface area (Å²) in [6, 6.07) is 5.50. The molecule has 0 spiro atoms. The average molecular weight is 678 g/mol. The number of aromatic hydroxyl groups is 1. The zero-order chi connectivity index (χ0) is 33.8. The number of ether oxygens (including phenoxy) is 2. The predicted molar refractivity (Wildman–Crippen MR) is 179 cm³/mol. The third-order valence-electron chi connectivity index (χ3n) is 10.2. The van der Waals surface area contributed by atoms with Crippen LogP contribution in [0.15, 0.2) is 30.5 Å². The van der Waals surface area contributed by atoms with E-state index in [0.717, 1.165) is 25.7 Å². The van der Waals surface area contributed by atoms with Crippen molar-refractivity contribution in [1.82, 2.24) is 19.9 Å². The Bertz CT molecular complexity index is 2060. The third kappa shape index (κ3) is 5.69. The second kappa shape index (κ2) is 12.4. The van der Waals surface area contributed by atoms with E-state index in [2.05, 4.69) is 20.8 Å². The topological polar surface area (TPSA) is 118 Å². The fraction of sp³-hybridized carbons (Fsp3) is 0.457. The van der Waals surface area contributed by atoms with Crippen LogP contribution >= 0.6 is 0 Å². The van der Waals surface area contributed by atoms with Crippen molar-refractivity contribution >= 4 is 37.3 Å². The average Bonchev–Trinajstić information content (AvgIpc) is 3.30. The molecule has 1 saturated carbocycles. The van der Waals surface area contributed by atoms with E-state index in [4.69, 9.17) is 20.9 Å². The minimum absolute atomic E-state index is 0.0426. The molecule has 3 fully saturated rings. The van der Waals surface area contributed by atoms with E-state index >= 15 is 4.39 Å². The maximum absolute atomic E-state index is 16.8. The molecule has 2 saturated heterocycles. The summed E-state index contributed by atoms with van der Waals surface area (Å²) in [6.07, 6.45) is 12.3. The van der Waals surface area contributed by atoms with Crippen LogP contribution in [0.3, 0.4) is 0 Å². The van der Waals surface area contributed by atoms with E-state index in [-0.39, 0.29) is 52.1 Å². The number of anilines is 1. The molecule has 3 atom stereocenters. The van der Waals surface area contributed by atoms with Gasteiger partial charge in [-0.25, -0.2) is 17.2 Å². The van der Waals surface area contributed by atoms with Crippen LogP contribution in [-0.2, 0) is 14.6 Å². The van der Waals surface area contributed by atoms with Crippen LogP contribution in [-0.4, -0.2) is 97.4 Å². The van der Waals surface area contributed by atoms with E-state index < -0.39 is 32.1 Å². The lowest BCUT2D eigenvalue weighted by Gasteiger charge is -2.47. The Morgan fingerprint density at radius 3 is 2.81 bits per heavy atom. The molecule has 0 amide bonds. The normalized spacial score (nSPS) is 23.6. The molecule has 1 aliphatic carbocycles. The number of likely N-dealkylation sites (tertiary alicyclic amines) is 1. The smallest absolute Gasteiger partial charge is 0.319 e. The SMILES string of the molecule is C#Cc1c(F)ccc2cc(O)cc(-c3ncc4c(N5CCCOCC5)nc(OC[C@]56CCCC5N(C)CC(S(C)(=O)=O)C6)nc4c3F)c12. The largest absolute Gasteiger partial charge is 0.508 e. The van der Waals surface area contributed by atoms with Crippen LogP contribution < -0.4 is 9.64 Å². The van der Waals surface area contributed by atoms with Gasteiger partial charge in [0.1, 0.15) is 28.6 Å². The van der Waals surface area contributed by atoms with E-state index in [1.807, 2.05) is 11.9 Å². The molecule has 4 aromatic rings. The monoisotopic (exact) mass is 677 g/mol. The molecule has 7 rings (SSSR count). The number of aromatic nitrogens is 3. The molecular formula is C35H37F2N5O5S. The molecule has 0 bridgehead atoms. The van der Waals surface area contributed by atoms with Gasteiger partial charge in [0.25, 0.3) is 0 Å². The van der Waals surface area contributed by atoms with Gasteiger partial charge in [0.15, 0.2) is 15.7 Å². The maximum Gasteiger partial charge on any atom is 0.319 e. The molecule has 10 nitrogen and oxygen atoms in total. The Balaban J connectivity index is 1.36. The fourth-order valence-corrected chi connectivity index (χ4v) is 9.10. The summed E-state index contributed by atoms with van der Waals surface area (Å²) in [7, 11) is -1.33. The van der Waals surface area contributed by atoms with Crippen molar-refractivity contribution < 1.29 is 31.8 Å². The Morgan fingerprint density at radius 2 is 2.02 bits per heavy atom. The maximum atomic E-state index is 16.8. The Kier molecular flexibility index (Phi) is 8.38. The van der Waals surface area contributed by atoms with Crippen LogP contribution in [0.5, 0.6) is 11.8 Å². The number of hydrogen-bond donors (Lipinski definition) is 1. The van der Waals surface area contributed by atoms with Crippen molar-refractivity contribution in [2.45, 2.75) is 43.4 Å². The lowest BCUT2D eigenvalue weighted by molar-refractivity contribution is 0.0152. The molecule has 13 heteroatoms. The number of phenols is 1. The summed E-state index contributed by atoms with van der Waals surface area (Å²) in [4.78, 5) is 17.9. The minimum Gasteiger partial charge on any atom is -0.508 e. The number of nitrogens with zero attached hydrogens (tertiary/aromatic N) is 5. The first-order valence-electron chi connectivity index (χ1n) is 16.1. The van der Waals surface area contributed by atoms with Crippen molar-refractivity contribution in [3.8, 4) is 35.4 Å². The highest BCUT2D eigenvalue weighted by atomic mass is 32.2. The van der Waals surface area contributed by atoms with Crippen LogP contribution in [0.4, 0.5) is 14.6 Å². The number of fused-ring (bicyclic) bond motifs is 3. The quantitative estimate of drug-likeness (QED) is 0.288. The molecule has 252 valence electrons. The van der Waals surface area contributed by atoms with Crippen LogP contribution in [0.2, 0.25) is 0 Å². The summed E-state index contributed by atoms with van der Waals surface area (Å²) >= 11 is 0. The zero-order valence-electron chi connectivity index (χ0n) is 26.9. The molecule has 3 aliphatic rings. The zero-order valence-corrected chi connectivity index (χ0v) is 27.7. The molecule has 1 N–H and O–H groups in total. The highest BCUT2D eigenvalue weighted by molar-refractivity contribution is 7.91. The van der Waals surface area contributed by atoms with Gasteiger partial charge < -0.3 is 24.4 Å². The van der Waals surface area contributed by atoms with Gasteiger partial charge in [0.05, 0.1) is 29.4 Å². The highest BCUT2D eigenvalue weighted by Crippen LogP contribution is 2.49. The van der Waals surface area contributed by atoms with E-state index in [0.29, 0.717) is 55.9 Å². The van der Waals surface area contributed by atoms with Crippen LogP contribution in [0.25, 0.3) is 32.9 Å². The number of pyridine rings is 1. The van der Waals surface area contributed by atoms with Crippen molar-refractivity contribution in [2.75, 3.05) is 57.7 Å². The Hall–Kier alpha value is -4.12. The number of halogens is 2. The third-order valence-corrected chi connectivity index (χ3v) is 11.8. The van der Waals surface area contributed by atoms with Gasteiger partial charge in [0, 0.05) is 61.1 Å². The fourth-order valence-electron chi connectivity index (χ4n) is 7.96. The van der Waals surface area contributed by atoms with Gasteiger partial charge in [-0.1, -0.05) is 18.4 Å². The van der Waals surface area contributed by atoms with E-state index in [9.17, 15) is 17.9 Å². The van der Waals surface area contributed by atoms with Gasteiger partial charge >= 0.3 is 6.01 Å². The lowest BCUT2D eigenvalue weighted by Crippen LogP contribution is -2.56. The number of terminal acetylenes is 1. The number of phenolic OH excluding ortho intramolecular Hbond substituents is 1. The van der Waals surface area contributed by atoms with Gasteiger partial charge in [-0.15, -0.1) is 6.42 Å². The van der Waals surface area contributed by atoms with Crippen LogP contribution in [0, 0.1) is 29.4 Å².